The minimum atomic E-state index is -0.0382. The predicted octanol–water partition coefficient (Wildman–Crippen LogP) is 3.57. The normalized spacial score (nSPS) is 11.1. The predicted molar refractivity (Wildman–Crippen MR) is 101 cm³/mol. The smallest absolute Gasteiger partial charge is 0.234 e. The second kappa shape index (κ2) is 6.10. The van der Waals surface area contributed by atoms with Crippen LogP contribution in [0.3, 0.4) is 0 Å². The highest BCUT2D eigenvalue weighted by molar-refractivity contribution is 6.10. The zero-order chi connectivity index (χ0) is 18.2. The van der Waals surface area contributed by atoms with E-state index in [0.717, 1.165) is 11.2 Å². The third-order valence-electron chi connectivity index (χ3n) is 4.39. The number of hydrogen-bond donors (Lipinski definition) is 0. The number of carbonyl (C=O) groups is 1. The van der Waals surface area contributed by atoms with E-state index in [1.54, 1.807) is 42.9 Å². The fourth-order valence-corrected chi connectivity index (χ4v) is 3.05. The molecule has 0 aliphatic heterocycles. The SMILES string of the molecule is O=C(c1ccccc1)c1ccc2ncc(-c3cnc4ncccn34)nc2c1. The average molecular weight is 351 g/mol. The van der Waals surface area contributed by atoms with Crippen LogP contribution in [0.2, 0.25) is 0 Å². The maximum atomic E-state index is 12.7. The van der Waals surface area contributed by atoms with E-state index in [9.17, 15) is 4.79 Å². The Morgan fingerprint density at radius 3 is 2.59 bits per heavy atom. The van der Waals surface area contributed by atoms with Crippen molar-refractivity contribution in [2.24, 2.45) is 0 Å². The van der Waals surface area contributed by atoms with E-state index in [4.69, 9.17) is 4.98 Å². The largest absolute Gasteiger partial charge is 0.289 e. The lowest BCUT2D eigenvalue weighted by Crippen LogP contribution is -2.01. The van der Waals surface area contributed by atoms with Crippen LogP contribution in [0.5, 0.6) is 0 Å². The first-order valence-corrected chi connectivity index (χ1v) is 8.44. The van der Waals surface area contributed by atoms with E-state index >= 15 is 0 Å². The van der Waals surface area contributed by atoms with E-state index in [-0.39, 0.29) is 5.78 Å². The molecule has 6 heteroatoms. The van der Waals surface area contributed by atoms with Crippen molar-refractivity contribution < 1.29 is 4.79 Å². The monoisotopic (exact) mass is 351 g/mol. The number of ketones is 1. The van der Waals surface area contributed by atoms with Gasteiger partial charge < -0.3 is 0 Å². The zero-order valence-electron chi connectivity index (χ0n) is 14.1. The molecule has 0 saturated carbocycles. The Morgan fingerprint density at radius 1 is 0.815 bits per heavy atom. The van der Waals surface area contributed by atoms with Gasteiger partial charge >= 0.3 is 0 Å². The van der Waals surface area contributed by atoms with Crippen LogP contribution in [0.4, 0.5) is 0 Å². The molecule has 0 N–H and O–H groups in total. The van der Waals surface area contributed by atoms with Gasteiger partial charge in [0.2, 0.25) is 5.78 Å². The molecule has 128 valence electrons. The van der Waals surface area contributed by atoms with Crippen molar-refractivity contribution in [1.29, 1.82) is 0 Å². The minimum Gasteiger partial charge on any atom is -0.289 e. The molecule has 0 amide bonds. The van der Waals surface area contributed by atoms with Gasteiger partial charge in [-0.05, 0) is 24.3 Å². The van der Waals surface area contributed by atoms with Crippen LogP contribution in [-0.4, -0.2) is 30.1 Å². The van der Waals surface area contributed by atoms with Gasteiger partial charge in [-0.25, -0.2) is 15.0 Å². The maximum absolute atomic E-state index is 12.7. The molecule has 0 aliphatic carbocycles. The molecule has 0 spiro atoms. The highest BCUT2D eigenvalue weighted by atomic mass is 16.1. The third-order valence-corrected chi connectivity index (χ3v) is 4.39. The standard InChI is InChI=1S/C21H13N5O/c27-20(14-5-2-1-3-6-14)15-7-8-16-17(11-15)25-18(12-23-16)19-13-24-21-22-9-4-10-26(19)21/h1-13H. The van der Waals surface area contributed by atoms with E-state index < -0.39 is 0 Å². The summed E-state index contributed by atoms with van der Waals surface area (Å²) in [5.41, 5.74) is 4.09. The number of fused-ring (bicyclic) bond motifs is 2. The molecule has 3 heterocycles. The topological polar surface area (TPSA) is 73.0 Å². The lowest BCUT2D eigenvalue weighted by Gasteiger charge is -2.05. The number of aromatic nitrogens is 5. The molecular formula is C21H13N5O. The van der Waals surface area contributed by atoms with E-state index in [0.29, 0.717) is 28.1 Å². The van der Waals surface area contributed by atoms with Gasteiger partial charge in [-0.2, -0.15) is 0 Å². The van der Waals surface area contributed by atoms with Crippen molar-refractivity contribution in [3.8, 4) is 11.4 Å². The summed E-state index contributed by atoms with van der Waals surface area (Å²) < 4.78 is 1.86. The van der Waals surface area contributed by atoms with Crippen molar-refractivity contribution in [1.82, 2.24) is 24.3 Å². The first-order valence-electron chi connectivity index (χ1n) is 8.44. The van der Waals surface area contributed by atoms with Gasteiger partial charge in [-0.15, -0.1) is 0 Å². The summed E-state index contributed by atoms with van der Waals surface area (Å²) in [6.07, 6.45) is 7.00. The molecule has 5 rings (SSSR count). The highest BCUT2D eigenvalue weighted by Crippen LogP contribution is 2.21. The number of rotatable bonds is 3. The van der Waals surface area contributed by atoms with Gasteiger partial charge in [-0.3, -0.25) is 14.2 Å². The van der Waals surface area contributed by atoms with Crippen LogP contribution in [0.15, 0.2) is 79.4 Å². The fourth-order valence-electron chi connectivity index (χ4n) is 3.05. The van der Waals surface area contributed by atoms with E-state index in [2.05, 4.69) is 15.0 Å². The molecular weight excluding hydrogens is 338 g/mol. The molecule has 0 unspecified atom stereocenters. The van der Waals surface area contributed by atoms with Gasteiger partial charge in [0.1, 0.15) is 5.69 Å². The van der Waals surface area contributed by atoms with Gasteiger partial charge in [0.15, 0.2) is 5.78 Å². The summed E-state index contributed by atoms with van der Waals surface area (Å²) in [5, 5.41) is 0. The fraction of sp³-hybridized carbons (Fsp3) is 0. The quantitative estimate of drug-likeness (QED) is 0.465. The Morgan fingerprint density at radius 2 is 1.70 bits per heavy atom. The molecule has 0 atom stereocenters. The molecule has 2 aromatic carbocycles. The van der Waals surface area contributed by atoms with E-state index in [1.165, 1.54) is 0 Å². The first kappa shape index (κ1) is 15.3. The van der Waals surface area contributed by atoms with Crippen molar-refractivity contribution in [3.05, 3.63) is 90.5 Å². The lowest BCUT2D eigenvalue weighted by atomic mass is 10.0. The Labute approximate surface area is 154 Å². The van der Waals surface area contributed by atoms with Crippen molar-refractivity contribution in [2.45, 2.75) is 0 Å². The molecule has 0 bridgehead atoms. The Bertz CT molecular complexity index is 1290. The Balaban J connectivity index is 1.62. The van der Waals surface area contributed by atoms with Crippen LogP contribution in [0.1, 0.15) is 15.9 Å². The van der Waals surface area contributed by atoms with Crippen LogP contribution < -0.4 is 0 Å². The maximum Gasteiger partial charge on any atom is 0.234 e. The second-order valence-corrected chi connectivity index (χ2v) is 6.09. The zero-order valence-corrected chi connectivity index (χ0v) is 14.1. The van der Waals surface area contributed by atoms with Gasteiger partial charge in [-0.1, -0.05) is 30.3 Å². The second-order valence-electron chi connectivity index (χ2n) is 6.09. The first-order chi connectivity index (χ1) is 13.3. The van der Waals surface area contributed by atoms with Crippen LogP contribution in [0.25, 0.3) is 28.2 Å². The summed E-state index contributed by atoms with van der Waals surface area (Å²) in [7, 11) is 0. The van der Waals surface area contributed by atoms with Crippen LogP contribution in [0, 0.1) is 0 Å². The molecule has 0 radical (unpaired) electrons. The summed E-state index contributed by atoms with van der Waals surface area (Å²) in [6, 6.07) is 16.4. The highest BCUT2D eigenvalue weighted by Gasteiger charge is 2.12. The molecule has 0 fully saturated rings. The number of benzene rings is 2. The van der Waals surface area contributed by atoms with Crippen molar-refractivity contribution in [2.75, 3.05) is 0 Å². The summed E-state index contributed by atoms with van der Waals surface area (Å²) in [5.74, 6) is 0.561. The van der Waals surface area contributed by atoms with Crippen molar-refractivity contribution in [3.63, 3.8) is 0 Å². The number of carbonyl (C=O) groups excluding carboxylic acids is 1. The molecule has 27 heavy (non-hydrogen) atoms. The molecule has 0 aliphatic rings. The van der Waals surface area contributed by atoms with Crippen molar-refractivity contribution >= 4 is 22.6 Å². The molecule has 0 saturated heterocycles. The Kier molecular flexibility index (Phi) is 3.47. The summed E-state index contributed by atoms with van der Waals surface area (Å²) >= 11 is 0. The van der Waals surface area contributed by atoms with Crippen LogP contribution >= 0.6 is 0 Å². The van der Waals surface area contributed by atoms with Gasteiger partial charge in [0.05, 0.1) is 29.1 Å². The van der Waals surface area contributed by atoms with Crippen LogP contribution in [-0.2, 0) is 0 Å². The van der Waals surface area contributed by atoms with Gasteiger partial charge in [0.25, 0.3) is 0 Å². The van der Waals surface area contributed by atoms with E-state index in [1.807, 2.05) is 40.9 Å². The minimum absolute atomic E-state index is 0.0382. The average Bonchev–Trinajstić information content (AvgIpc) is 3.17. The van der Waals surface area contributed by atoms with Gasteiger partial charge in [0, 0.05) is 23.5 Å². The summed E-state index contributed by atoms with van der Waals surface area (Å²) in [4.78, 5) is 30.4. The third kappa shape index (κ3) is 2.64. The number of nitrogens with zero attached hydrogens (tertiary/aromatic N) is 5. The number of imidazole rings is 1. The lowest BCUT2D eigenvalue weighted by molar-refractivity contribution is 0.103. The molecule has 5 aromatic rings. The summed E-state index contributed by atoms with van der Waals surface area (Å²) in [6.45, 7) is 0. The number of hydrogen-bond acceptors (Lipinski definition) is 5. The Hall–Kier alpha value is -3.93. The molecule has 6 nitrogen and oxygen atoms in total. The molecule has 3 aromatic heterocycles.